The Hall–Kier alpha value is -1.25. The number of carboxylic acid groups (broad SMARTS) is 1. The van der Waals surface area contributed by atoms with Crippen LogP contribution in [0.4, 0.5) is 0 Å². The summed E-state index contributed by atoms with van der Waals surface area (Å²) < 4.78 is 5.75. The van der Waals surface area contributed by atoms with Crippen LogP contribution < -0.4 is 0 Å². The Labute approximate surface area is 110 Å². The maximum atomic E-state index is 11.0. The zero-order valence-corrected chi connectivity index (χ0v) is 11.9. The van der Waals surface area contributed by atoms with Gasteiger partial charge in [-0.2, -0.15) is 0 Å². The van der Waals surface area contributed by atoms with Gasteiger partial charge in [0, 0.05) is 0 Å². The highest BCUT2D eigenvalue weighted by molar-refractivity contribution is 5.73. The van der Waals surface area contributed by atoms with E-state index in [2.05, 4.69) is 19.9 Å². The van der Waals surface area contributed by atoms with Crippen molar-refractivity contribution in [1.29, 1.82) is 0 Å². The van der Waals surface area contributed by atoms with Gasteiger partial charge < -0.3 is 9.84 Å². The quantitative estimate of drug-likeness (QED) is 0.729. The van der Waals surface area contributed by atoms with Crippen molar-refractivity contribution in [2.24, 2.45) is 5.41 Å². The van der Waals surface area contributed by atoms with Crippen LogP contribution in [0.25, 0.3) is 0 Å². The summed E-state index contributed by atoms with van der Waals surface area (Å²) in [7, 11) is 0. The second-order valence-electron chi connectivity index (χ2n) is 5.78. The van der Waals surface area contributed by atoms with Gasteiger partial charge in [0.25, 0.3) is 0 Å². The number of hydrogen-bond acceptors (Lipinski definition) is 2. The van der Waals surface area contributed by atoms with Gasteiger partial charge in [0.15, 0.2) is 0 Å². The van der Waals surface area contributed by atoms with Gasteiger partial charge in [-0.15, -0.1) is 0 Å². The van der Waals surface area contributed by atoms with Crippen molar-refractivity contribution < 1.29 is 14.6 Å². The summed E-state index contributed by atoms with van der Waals surface area (Å²) in [6.07, 6.45) is 5.69. The summed E-state index contributed by atoms with van der Waals surface area (Å²) in [6, 6.07) is 0. The molecule has 3 heteroatoms. The van der Waals surface area contributed by atoms with E-state index in [1.807, 2.05) is 0 Å². The van der Waals surface area contributed by atoms with Crippen LogP contribution in [-0.2, 0) is 9.53 Å². The molecule has 0 aliphatic heterocycles. The van der Waals surface area contributed by atoms with E-state index in [9.17, 15) is 4.79 Å². The van der Waals surface area contributed by atoms with Crippen molar-refractivity contribution in [3.8, 4) is 0 Å². The van der Waals surface area contributed by atoms with Crippen LogP contribution >= 0.6 is 0 Å². The minimum atomic E-state index is -0.744. The SMILES string of the molecule is CC1=CC(OCCCC(C)(C)C(=O)O)=C(C)CC1. The first kappa shape index (κ1) is 14.8. The Kier molecular flexibility index (Phi) is 5.00. The minimum absolute atomic E-state index is 0.590. The second-order valence-corrected chi connectivity index (χ2v) is 5.78. The lowest BCUT2D eigenvalue weighted by molar-refractivity contribution is -0.147. The van der Waals surface area contributed by atoms with E-state index in [-0.39, 0.29) is 0 Å². The van der Waals surface area contributed by atoms with Crippen molar-refractivity contribution in [2.45, 2.75) is 53.4 Å². The molecule has 0 heterocycles. The minimum Gasteiger partial charge on any atom is -0.494 e. The van der Waals surface area contributed by atoms with Gasteiger partial charge in [0.05, 0.1) is 12.0 Å². The molecule has 18 heavy (non-hydrogen) atoms. The number of hydrogen-bond donors (Lipinski definition) is 1. The Morgan fingerprint density at radius 2 is 2.06 bits per heavy atom. The highest BCUT2D eigenvalue weighted by Gasteiger charge is 2.26. The molecule has 0 spiro atoms. The molecular weight excluding hydrogens is 228 g/mol. The highest BCUT2D eigenvalue weighted by atomic mass is 16.5. The molecule has 0 bridgehead atoms. The van der Waals surface area contributed by atoms with Crippen LogP contribution in [0.3, 0.4) is 0 Å². The molecule has 1 rings (SSSR count). The number of rotatable bonds is 6. The van der Waals surface area contributed by atoms with Crippen molar-refractivity contribution >= 4 is 5.97 Å². The molecule has 0 radical (unpaired) electrons. The third-order valence-electron chi connectivity index (χ3n) is 3.48. The van der Waals surface area contributed by atoms with Crippen molar-refractivity contribution in [3.63, 3.8) is 0 Å². The Morgan fingerprint density at radius 3 is 2.67 bits per heavy atom. The standard InChI is InChI=1S/C15H24O3/c1-11-6-7-12(2)13(10-11)18-9-5-8-15(3,4)14(16)17/h10H,5-9H2,1-4H3,(H,16,17). The number of ether oxygens (including phenoxy) is 1. The Morgan fingerprint density at radius 1 is 1.39 bits per heavy atom. The highest BCUT2D eigenvalue weighted by Crippen LogP contribution is 2.26. The number of carboxylic acids is 1. The zero-order valence-electron chi connectivity index (χ0n) is 11.9. The molecular formula is C15H24O3. The van der Waals surface area contributed by atoms with Crippen LogP contribution in [0, 0.1) is 5.41 Å². The topological polar surface area (TPSA) is 46.5 Å². The van der Waals surface area contributed by atoms with E-state index < -0.39 is 11.4 Å². The summed E-state index contributed by atoms with van der Waals surface area (Å²) in [5, 5.41) is 9.01. The van der Waals surface area contributed by atoms with Gasteiger partial charge in [-0.05, 0) is 65.0 Å². The molecule has 0 amide bonds. The normalized spacial score (nSPS) is 16.6. The molecule has 0 saturated heterocycles. The van der Waals surface area contributed by atoms with E-state index in [1.54, 1.807) is 13.8 Å². The number of carbonyl (C=O) groups is 1. The summed E-state index contributed by atoms with van der Waals surface area (Å²) in [6.45, 7) is 8.31. The lowest BCUT2D eigenvalue weighted by atomic mass is 9.88. The molecule has 3 nitrogen and oxygen atoms in total. The number of aliphatic carboxylic acids is 1. The summed E-state index contributed by atoms with van der Waals surface area (Å²) in [5.74, 6) is 0.234. The van der Waals surface area contributed by atoms with Crippen LogP contribution in [0.15, 0.2) is 23.0 Å². The molecule has 0 aromatic carbocycles. The fourth-order valence-electron chi connectivity index (χ4n) is 1.90. The van der Waals surface area contributed by atoms with Crippen molar-refractivity contribution in [2.75, 3.05) is 6.61 Å². The maximum absolute atomic E-state index is 11.0. The van der Waals surface area contributed by atoms with Gasteiger partial charge in [-0.1, -0.05) is 5.57 Å². The van der Waals surface area contributed by atoms with E-state index in [0.29, 0.717) is 13.0 Å². The molecule has 0 saturated carbocycles. The second kappa shape index (κ2) is 6.07. The molecule has 0 aromatic heterocycles. The monoisotopic (exact) mass is 252 g/mol. The summed E-state index contributed by atoms with van der Waals surface area (Å²) in [5.41, 5.74) is 1.98. The molecule has 1 aliphatic rings. The van der Waals surface area contributed by atoms with Crippen LogP contribution in [-0.4, -0.2) is 17.7 Å². The average molecular weight is 252 g/mol. The largest absolute Gasteiger partial charge is 0.494 e. The molecule has 0 atom stereocenters. The molecule has 1 aliphatic carbocycles. The zero-order chi connectivity index (χ0) is 13.8. The van der Waals surface area contributed by atoms with Gasteiger partial charge in [-0.25, -0.2) is 0 Å². The Balaban J connectivity index is 2.37. The molecule has 0 aromatic rings. The summed E-state index contributed by atoms with van der Waals surface area (Å²) >= 11 is 0. The van der Waals surface area contributed by atoms with E-state index in [4.69, 9.17) is 9.84 Å². The predicted octanol–water partition coefficient (Wildman–Crippen LogP) is 3.91. The van der Waals surface area contributed by atoms with Gasteiger partial charge in [0.2, 0.25) is 0 Å². The molecule has 1 N–H and O–H groups in total. The van der Waals surface area contributed by atoms with Gasteiger partial charge in [-0.3, -0.25) is 4.79 Å². The smallest absolute Gasteiger partial charge is 0.309 e. The average Bonchev–Trinajstić information content (AvgIpc) is 2.28. The van der Waals surface area contributed by atoms with E-state index >= 15 is 0 Å². The first-order valence-electron chi connectivity index (χ1n) is 6.56. The predicted molar refractivity (Wildman–Crippen MR) is 72.3 cm³/mol. The number of allylic oxidation sites excluding steroid dienone is 3. The van der Waals surface area contributed by atoms with Crippen LogP contribution in [0.2, 0.25) is 0 Å². The van der Waals surface area contributed by atoms with Gasteiger partial charge in [0.1, 0.15) is 5.76 Å². The van der Waals surface area contributed by atoms with Gasteiger partial charge >= 0.3 is 5.97 Å². The van der Waals surface area contributed by atoms with Crippen molar-refractivity contribution in [1.82, 2.24) is 0 Å². The van der Waals surface area contributed by atoms with Crippen LogP contribution in [0.1, 0.15) is 53.4 Å². The molecule has 102 valence electrons. The van der Waals surface area contributed by atoms with E-state index in [0.717, 1.165) is 25.0 Å². The third-order valence-corrected chi connectivity index (χ3v) is 3.48. The Bertz CT molecular complexity index is 375. The molecule has 0 fully saturated rings. The lowest BCUT2D eigenvalue weighted by Crippen LogP contribution is -2.23. The fourth-order valence-corrected chi connectivity index (χ4v) is 1.90. The van der Waals surface area contributed by atoms with E-state index in [1.165, 1.54) is 11.1 Å². The van der Waals surface area contributed by atoms with Crippen LogP contribution in [0.5, 0.6) is 0 Å². The first-order valence-corrected chi connectivity index (χ1v) is 6.56. The summed E-state index contributed by atoms with van der Waals surface area (Å²) in [4.78, 5) is 11.0. The fraction of sp³-hybridized carbons (Fsp3) is 0.667. The lowest BCUT2D eigenvalue weighted by Gasteiger charge is -2.20. The first-order chi connectivity index (χ1) is 8.33. The maximum Gasteiger partial charge on any atom is 0.309 e. The molecule has 0 unspecified atom stereocenters. The van der Waals surface area contributed by atoms with Crippen molar-refractivity contribution in [3.05, 3.63) is 23.0 Å². The third kappa shape index (κ3) is 4.21.